The number of hydrogen-bond acceptors (Lipinski definition) is 4. The van der Waals surface area contributed by atoms with E-state index < -0.39 is 17.9 Å². The first-order chi connectivity index (χ1) is 10.8. The van der Waals surface area contributed by atoms with E-state index in [0.717, 1.165) is 19.3 Å². The Hall–Kier alpha value is -1.34. The number of hydrogen-bond donors (Lipinski definition) is 4. The summed E-state index contributed by atoms with van der Waals surface area (Å²) in [6.07, 6.45) is 2.92. The Morgan fingerprint density at radius 2 is 1.83 bits per heavy atom. The maximum absolute atomic E-state index is 12.2. The van der Waals surface area contributed by atoms with Crippen LogP contribution >= 0.6 is 12.4 Å². The molecular weight excluding hydrogens is 334 g/mol. The Balaban J connectivity index is 0.00000529. The molecule has 0 bridgehead atoms. The van der Waals surface area contributed by atoms with Crippen molar-refractivity contribution in [1.29, 1.82) is 0 Å². The molecule has 1 aliphatic rings. The quantitative estimate of drug-likeness (QED) is 0.513. The SMILES string of the molecule is CCC(CC)C[C@H](NC(C)=O)[C@@H]1N[C@@H](C(=O)O)C[C@H]1C(=O)NC.Cl. The molecule has 1 saturated heterocycles. The lowest BCUT2D eigenvalue weighted by molar-refractivity contribution is -0.139. The Kier molecular flexibility index (Phi) is 9.92. The highest BCUT2D eigenvalue weighted by Crippen LogP contribution is 2.27. The van der Waals surface area contributed by atoms with Gasteiger partial charge in [-0.3, -0.25) is 19.7 Å². The zero-order valence-corrected chi connectivity index (χ0v) is 15.6. The third-order valence-electron chi connectivity index (χ3n) is 4.76. The van der Waals surface area contributed by atoms with Crippen LogP contribution in [0.1, 0.15) is 46.5 Å². The van der Waals surface area contributed by atoms with Crippen LogP contribution in [0.5, 0.6) is 0 Å². The van der Waals surface area contributed by atoms with E-state index in [-0.39, 0.29) is 42.7 Å². The van der Waals surface area contributed by atoms with Crippen molar-refractivity contribution >= 4 is 30.2 Å². The van der Waals surface area contributed by atoms with Gasteiger partial charge in [-0.15, -0.1) is 12.4 Å². The van der Waals surface area contributed by atoms with Crippen molar-refractivity contribution in [2.45, 2.75) is 64.6 Å². The summed E-state index contributed by atoms with van der Waals surface area (Å²) in [5.74, 6) is -1.37. The molecule has 4 atom stereocenters. The number of carboxylic acid groups (broad SMARTS) is 1. The van der Waals surface area contributed by atoms with Gasteiger partial charge in [0.2, 0.25) is 11.8 Å². The summed E-state index contributed by atoms with van der Waals surface area (Å²) in [6.45, 7) is 5.63. The van der Waals surface area contributed by atoms with Crippen LogP contribution in [0.15, 0.2) is 0 Å². The molecule has 2 amide bonds. The average Bonchev–Trinajstić information content (AvgIpc) is 2.95. The van der Waals surface area contributed by atoms with Gasteiger partial charge >= 0.3 is 5.97 Å². The molecule has 4 N–H and O–H groups in total. The monoisotopic (exact) mass is 363 g/mol. The molecule has 0 aromatic rings. The molecule has 1 rings (SSSR count). The summed E-state index contributed by atoms with van der Waals surface area (Å²) in [7, 11) is 1.54. The van der Waals surface area contributed by atoms with Gasteiger partial charge in [-0.2, -0.15) is 0 Å². The number of aliphatic carboxylic acids is 1. The van der Waals surface area contributed by atoms with Gasteiger partial charge < -0.3 is 15.7 Å². The fraction of sp³-hybridized carbons (Fsp3) is 0.812. The van der Waals surface area contributed by atoms with Gasteiger partial charge in [-0.25, -0.2) is 0 Å². The first-order valence-electron chi connectivity index (χ1n) is 8.31. The second-order valence-electron chi connectivity index (χ2n) is 6.26. The molecule has 1 aliphatic heterocycles. The molecule has 0 aromatic heterocycles. The Labute approximate surface area is 149 Å². The van der Waals surface area contributed by atoms with Crippen molar-refractivity contribution in [3.05, 3.63) is 0 Å². The number of amides is 2. The highest BCUT2D eigenvalue weighted by molar-refractivity contribution is 5.85. The zero-order chi connectivity index (χ0) is 17.6. The first kappa shape index (κ1) is 22.7. The van der Waals surface area contributed by atoms with Crippen LogP contribution in [-0.2, 0) is 14.4 Å². The minimum absolute atomic E-state index is 0. The highest BCUT2D eigenvalue weighted by atomic mass is 35.5. The Morgan fingerprint density at radius 1 is 1.25 bits per heavy atom. The molecule has 24 heavy (non-hydrogen) atoms. The molecule has 0 radical (unpaired) electrons. The Bertz CT molecular complexity index is 443. The lowest BCUT2D eigenvalue weighted by atomic mass is 9.85. The smallest absolute Gasteiger partial charge is 0.320 e. The van der Waals surface area contributed by atoms with E-state index in [2.05, 4.69) is 29.8 Å². The number of nitrogens with one attached hydrogen (secondary N) is 3. The predicted octanol–water partition coefficient (Wildman–Crippen LogP) is 0.917. The van der Waals surface area contributed by atoms with Gasteiger partial charge in [0.15, 0.2) is 0 Å². The van der Waals surface area contributed by atoms with Gasteiger partial charge in [-0.05, 0) is 18.8 Å². The summed E-state index contributed by atoms with van der Waals surface area (Å²) in [4.78, 5) is 35.0. The van der Waals surface area contributed by atoms with E-state index in [1.54, 1.807) is 7.05 Å². The molecule has 0 aromatic carbocycles. The van der Waals surface area contributed by atoms with Crippen molar-refractivity contribution in [1.82, 2.24) is 16.0 Å². The fourth-order valence-corrected chi connectivity index (χ4v) is 3.38. The Morgan fingerprint density at radius 3 is 2.25 bits per heavy atom. The van der Waals surface area contributed by atoms with Crippen LogP contribution in [0.25, 0.3) is 0 Å². The van der Waals surface area contributed by atoms with Crippen LogP contribution in [0, 0.1) is 11.8 Å². The van der Waals surface area contributed by atoms with E-state index in [0.29, 0.717) is 5.92 Å². The van der Waals surface area contributed by atoms with Gasteiger partial charge in [0.1, 0.15) is 6.04 Å². The third kappa shape index (κ3) is 5.94. The van der Waals surface area contributed by atoms with Crippen LogP contribution in [0.3, 0.4) is 0 Å². The van der Waals surface area contributed by atoms with E-state index in [9.17, 15) is 19.5 Å². The van der Waals surface area contributed by atoms with E-state index in [1.165, 1.54) is 6.92 Å². The maximum Gasteiger partial charge on any atom is 0.320 e. The molecule has 1 heterocycles. The minimum Gasteiger partial charge on any atom is -0.480 e. The van der Waals surface area contributed by atoms with Crippen molar-refractivity contribution in [3.8, 4) is 0 Å². The third-order valence-corrected chi connectivity index (χ3v) is 4.76. The lowest BCUT2D eigenvalue weighted by Gasteiger charge is -2.31. The van der Waals surface area contributed by atoms with Gasteiger partial charge in [0.25, 0.3) is 0 Å². The van der Waals surface area contributed by atoms with Gasteiger partial charge in [0.05, 0.1) is 5.92 Å². The summed E-state index contributed by atoms with van der Waals surface area (Å²) in [5.41, 5.74) is 0. The molecule has 1 fully saturated rings. The number of carboxylic acids is 1. The van der Waals surface area contributed by atoms with E-state index in [4.69, 9.17) is 0 Å². The minimum atomic E-state index is -0.967. The van der Waals surface area contributed by atoms with Crippen LogP contribution < -0.4 is 16.0 Å². The second-order valence-corrected chi connectivity index (χ2v) is 6.26. The number of halogens is 1. The molecule has 140 valence electrons. The molecular formula is C16H30ClN3O4. The van der Waals surface area contributed by atoms with Crippen LogP contribution in [0.4, 0.5) is 0 Å². The number of rotatable bonds is 8. The normalized spacial score (nSPS) is 24.1. The molecule has 8 heteroatoms. The fourth-order valence-electron chi connectivity index (χ4n) is 3.38. The molecule has 0 spiro atoms. The largest absolute Gasteiger partial charge is 0.480 e. The molecule has 0 aliphatic carbocycles. The van der Waals surface area contributed by atoms with E-state index >= 15 is 0 Å². The predicted molar refractivity (Wildman–Crippen MR) is 94.1 cm³/mol. The standard InChI is InChI=1S/C16H29N3O4.ClH/c1-5-10(6-2)7-12(18-9(3)20)14-11(15(21)17-4)8-13(19-14)16(22)23;/h10-14,19H,5-8H2,1-4H3,(H,17,21)(H,18,20)(H,22,23);1H/t11-,12+,13-,14-;/m1./s1. The van der Waals surface area contributed by atoms with Crippen molar-refractivity contribution < 1.29 is 19.5 Å². The van der Waals surface area contributed by atoms with Crippen molar-refractivity contribution in [3.63, 3.8) is 0 Å². The van der Waals surface area contributed by atoms with Gasteiger partial charge in [-0.1, -0.05) is 26.7 Å². The van der Waals surface area contributed by atoms with E-state index in [1.807, 2.05) is 0 Å². The highest BCUT2D eigenvalue weighted by Gasteiger charge is 2.45. The topological polar surface area (TPSA) is 108 Å². The van der Waals surface area contributed by atoms with Crippen molar-refractivity contribution in [2.75, 3.05) is 7.05 Å². The first-order valence-corrected chi connectivity index (χ1v) is 8.31. The van der Waals surface area contributed by atoms with Gasteiger partial charge in [0, 0.05) is 26.1 Å². The lowest BCUT2D eigenvalue weighted by Crippen LogP contribution is -2.54. The van der Waals surface area contributed by atoms with Crippen molar-refractivity contribution in [2.24, 2.45) is 11.8 Å². The molecule has 0 unspecified atom stereocenters. The maximum atomic E-state index is 12.2. The van der Waals surface area contributed by atoms with Crippen LogP contribution in [0.2, 0.25) is 0 Å². The zero-order valence-electron chi connectivity index (χ0n) is 14.8. The molecule has 0 saturated carbocycles. The summed E-state index contributed by atoms with van der Waals surface area (Å²) >= 11 is 0. The van der Waals surface area contributed by atoms with Crippen LogP contribution in [-0.4, -0.2) is 48.1 Å². The number of carbonyl (C=O) groups is 3. The summed E-state index contributed by atoms with van der Waals surface area (Å²) < 4.78 is 0. The molecule has 7 nitrogen and oxygen atoms in total. The summed E-state index contributed by atoms with van der Waals surface area (Å²) in [6, 6.07) is -1.40. The summed E-state index contributed by atoms with van der Waals surface area (Å²) in [5, 5.41) is 17.8. The second kappa shape index (κ2) is 10.5. The number of carbonyl (C=O) groups excluding carboxylic acids is 2. The average molecular weight is 364 g/mol.